The van der Waals surface area contributed by atoms with Crippen molar-refractivity contribution < 1.29 is 0 Å². The normalized spacial score (nSPS) is 10.4. The minimum Gasteiger partial charge on any atom is -0.373 e. The average molecular weight is 284 g/mol. The second-order valence-electron chi connectivity index (χ2n) is 5.08. The molecule has 0 aliphatic carbocycles. The smallest absolute Gasteiger partial charge is 0.136 e. The maximum absolute atomic E-state index is 4.50. The predicted octanol–water partition coefficient (Wildman–Crippen LogP) is 4.17. The molecule has 0 saturated carbocycles. The molecular weight excluding hydrogens is 260 g/mol. The van der Waals surface area contributed by atoms with Crippen molar-refractivity contribution in [3.8, 4) is 0 Å². The van der Waals surface area contributed by atoms with Crippen LogP contribution in [-0.2, 0) is 12.8 Å². The standard InChI is InChI=1S/C17H24N4/c1-4-6-7-13-8-10-14(11-9-13)19-17-12-16(18-3)20-15(5-2)21-17/h8-12H,4-7H2,1-3H3,(H2,18,19,20,21). The van der Waals surface area contributed by atoms with Gasteiger partial charge in [0.05, 0.1) is 0 Å². The number of benzene rings is 1. The van der Waals surface area contributed by atoms with E-state index in [-0.39, 0.29) is 0 Å². The summed E-state index contributed by atoms with van der Waals surface area (Å²) in [6.07, 6.45) is 4.44. The largest absolute Gasteiger partial charge is 0.373 e. The Kier molecular flexibility index (Phi) is 5.55. The second kappa shape index (κ2) is 7.62. The van der Waals surface area contributed by atoms with E-state index in [0.717, 1.165) is 36.0 Å². The van der Waals surface area contributed by atoms with E-state index in [9.17, 15) is 0 Å². The maximum Gasteiger partial charge on any atom is 0.136 e. The van der Waals surface area contributed by atoms with Gasteiger partial charge in [0.15, 0.2) is 0 Å². The summed E-state index contributed by atoms with van der Waals surface area (Å²) in [5, 5.41) is 6.41. The van der Waals surface area contributed by atoms with E-state index in [4.69, 9.17) is 0 Å². The van der Waals surface area contributed by atoms with Crippen molar-refractivity contribution in [2.24, 2.45) is 0 Å². The molecule has 2 aromatic rings. The van der Waals surface area contributed by atoms with Crippen LogP contribution in [0.25, 0.3) is 0 Å². The second-order valence-corrected chi connectivity index (χ2v) is 5.08. The van der Waals surface area contributed by atoms with Crippen molar-refractivity contribution in [1.82, 2.24) is 9.97 Å². The first-order chi connectivity index (χ1) is 10.2. The van der Waals surface area contributed by atoms with E-state index in [1.807, 2.05) is 13.1 Å². The van der Waals surface area contributed by atoms with Gasteiger partial charge in [0, 0.05) is 25.2 Å². The lowest BCUT2D eigenvalue weighted by Crippen LogP contribution is -2.03. The fraction of sp³-hybridized carbons (Fsp3) is 0.412. The molecule has 4 heteroatoms. The molecule has 4 nitrogen and oxygen atoms in total. The molecule has 0 bridgehead atoms. The quantitative estimate of drug-likeness (QED) is 0.801. The lowest BCUT2D eigenvalue weighted by molar-refractivity contribution is 0.795. The van der Waals surface area contributed by atoms with E-state index in [2.05, 4.69) is 58.7 Å². The fourth-order valence-corrected chi connectivity index (χ4v) is 2.13. The van der Waals surface area contributed by atoms with Crippen LogP contribution in [0.3, 0.4) is 0 Å². The van der Waals surface area contributed by atoms with Crippen molar-refractivity contribution >= 4 is 17.3 Å². The van der Waals surface area contributed by atoms with Gasteiger partial charge in [-0.15, -0.1) is 0 Å². The molecule has 2 N–H and O–H groups in total. The van der Waals surface area contributed by atoms with Gasteiger partial charge in [0.1, 0.15) is 17.5 Å². The summed E-state index contributed by atoms with van der Waals surface area (Å²) >= 11 is 0. The van der Waals surface area contributed by atoms with E-state index in [0.29, 0.717) is 0 Å². The summed E-state index contributed by atoms with van der Waals surface area (Å²) in [4.78, 5) is 8.90. The molecular formula is C17H24N4. The van der Waals surface area contributed by atoms with Crippen LogP contribution in [-0.4, -0.2) is 17.0 Å². The van der Waals surface area contributed by atoms with Gasteiger partial charge in [-0.2, -0.15) is 0 Å². The van der Waals surface area contributed by atoms with Gasteiger partial charge in [-0.25, -0.2) is 9.97 Å². The number of nitrogens with one attached hydrogen (secondary N) is 2. The van der Waals surface area contributed by atoms with Crippen LogP contribution >= 0.6 is 0 Å². The van der Waals surface area contributed by atoms with Crippen molar-refractivity contribution in [3.05, 3.63) is 41.7 Å². The number of nitrogens with zero attached hydrogens (tertiary/aromatic N) is 2. The highest BCUT2D eigenvalue weighted by Crippen LogP contribution is 2.18. The Morgan fingerprint density at radius 1 is 1.00 bits per heavy atom. The first-order valence-electron chi connectivity index (χ1n) is 7.66. The van der Waals surface area contributed by atoms with Crippen LogP contribution in [0.1, 0.15) is 38.1 Å². The van der Waals surface area contributed by atoms with Gasteiger partial charge >= 0.3 is 0 Å². The number of anilines is 3. The predicted molar refractivity (Wildman–Crippen MR) is 89.3 cm³/mol. The first-order valence-corrected chi connectivity index (χ1v) is 7.66. The van der Waals surface area contributed by atoms with Crippen LogP contribution in [0.15, 0.2) is 30.3 Å². The van der Waals surface area contributed by atoms with Crippen LogP contribution in [0.5, 0.6) is 0 Å². The highest BCUT2D eigenvalue weighted by Gasteiger charge is 2.03. The van der Waals surface area contributed by atoms with Crippen LogP contribution in [0.2, 0.25) is 0 Å². The Morgan fingerprint density at radius 2 is 1.71 bits per heavy atom. The summed E-state index contributed by atoms with van der Waals surface area (Å²) in [7, 11) is 1.87. The van der Waals surface area contributed by atoms with Crippen molar-refractivity contribution in [2.75, 3.05) is 17.7 Å². The van der Waals surface area contributed by atoms with Gasteiger partial charge in [-0.05, 0) is 30.5 Å². The zero-order chi connectivity index (χ0) is 15.1. The Morgan fingerprint density at radius 3 is 2.33 bits per heavy atom. The van der Waals surface area contributed by atoms with E-state index in [1.165, 1.54) is 18.4 Å². The molecule has 1 aromatic carbocycles. The molecule has 0 unspecified atom stereocenters. The molecule has 1 heterocycles. The van der Waals surface area contributed by atoms with Gasteiger partial charge in [0.25, 0.3) is 0 Å². The van der Waals surface area contributed by atoms with Gasteiger partial charge in [-0.1, -0.05) is 32.4 Å². The lowest BCUT2D eigenvalue weighted by atomic mass is 10.1. The molecule has 0 atom stereocenters. The molecule has 1 aromatic heterocycles. The summed E-state index contributed by atoms with van der Waals surface area (Å²) in [6.45, 7) is 4.27. The van der Waals surface area contributed by atoms with Gasteiger partial charge < -0.3 is 10.6 Å². The Balaban J connectivity index is 2.10. The van der Waals surface area contributed by atoms with E-state index >= 15 is 0 Å². The average Bonchev–Trinajstić information content (AvgIpc) is 2.53. The summed E-state index contributed by atoms with van der Waals surface area (Å²) < 4.78 is 0. The number of unbranched alkanes of at least 4 members (excludes halogenated alkanes) is 1. The van der Waals surface area contributed by atoms with Gasteiger partial charge in [0.2, 0.25) is 0 Å². The number of hydrogen-bond acceptors (Lipinski definition) is 4. The number of rotatable bonds is 7. The Labute approximate surface area is 127 Å². The fourth-order valence-electron chi connectivity index (χ4n) is 2.13. The highest BCUT2D eigenvalue weighted by atomic mass is 15.1. The molecule has 0 aliphatic rings. The number of hydrogen-bond donors (Lipinski definition) is 2. The van der Waals surface area contributed by atoms with Crippen LogP contribution in [0.4, 0.5) is 17.3 Å². The topological polar surface area (TPSA) is 49.8 Å². The monoisotopic (exact) mass is 284 g/mol. The molecule has 0 aliphatic heterocycles. The van der Waals surface area contributed by atoms with Crippen molar-refractivity contribution in [2.45, 2.75) is 39.5 Å². The van der Waals surface area contributed by atoms with Crippen molar-refractivity contribution in [1.29, 1.82) is 0 Å². The zero-order valence-corrected chi connectivity index (χ0v) is 13.1. The maximum atomic E-state index is 4.50. The SMILES string of the molecule is CCCCc1ccc(Nc2cc(NC)nc(CC)n2)cc1. The molecule has 0 spiro atoms. The molecule has 0 amide bonds. The zero-order valence-electron chi connectivity index (χ0n) is 13.1. The highest BCUT2D eigenvalue weighted by molar-refractivity contribution is 5.59. The summed E-state index contributed by atoms with van der Waals surface area (Å²) in [6, 6.07) is 10.5. The van der Waals surface area contributed by atoms with E-state index in [1.54, 1.807) is 0 Å². The Hall–Kier alpha value is -2.10. The van der Waals surface area contributed by atoms with Gasteiger partial charge in [-0.3, -0.25) is 0 Å². The molecule has 21 heavy (non-hydrogen) atoms. The third-order valence-electron chi connectivity index (χ3n) is 3.39. The number of aromatic nitrogens is 2. The van der Waals surface area contributed by atoms with Crippen molar-refractivity contribution in [3.63, 3.8) is 0 Å². The molecule has 2 rings (SSSR count). The molecule has 0 saturated heterocycles. The minimum atomic E-state index is 0.820. The van der Waals surface area contributed by atoms with Crippen LogP contribution in [0, 0.1) is 0 Å². The summed E-state index contributed by atoms with van der Waals surface area (Å²) in [5.74, 6) is 2.50. The van der Waals surface area contributed by atoms with Crippen LogP contribution < -0.4 is 10.6 Å². The minimum absolute atomic E-state index is 0.820. The molecule has 112 valence electrons. The Bertz CT molecular complexity index is 541. The molecule has 0 fully saturated rings. The summed E-state index contributed by atoms with van der Waals surface area (Å²) in [5.41, 5.74) is 2.44. The molecule has 0 radical (unpaired) electrons. The third kappa shape index (κ3) is 4.45. The lowest BCUT2D eigenvalue weighted by Gasteiger charge is -2.10. The first kappa shape index (κ1) is 15.3. The number of aryl methyl sites for hydroxylation is 2. The van der Waals surface area contributed by atoms with E-state index < -0.39 is 0 Å². The third-order valence-corrected chi connectivity index (χ3v) is 3.39.